The summed E-state index contributed by atoms with van der Waals surface area (Å²) in [6, 6.07) is 0. The maximum atomic E-state index is 12.4. The van der Waals surface area contributed by atoms with Gasteiger partial charge >= 0.3 is 0 Å². The van der Waals surface area contributed by atoms with Crippen LogP contribution in [-0.2, 0) is 14.3 Å². The number of fused-ring (bicyclic) bond motifs is 5. The zero-order chi connectivity index (χ0) is 21.7. The highest BCUT2D eigenvalue weighted by molar-refractivity contribution is 5.79. The number of carbonyl (C=O) groups excluding carboxylic acids is 1. The zero-order valence-electron chi connectivity index (χ0n) is 20.4. The second kappa shape index (κ2) is 6.56. The Hall–Kier alpha value is -0.410. The van der Waals surface area contributed by atoms with Gasteiger partial charge in [0.25, 0.3) is 0 Å². The van der Waals surface area contributed by atoms with E-state index in [1.165, 1.54) is 32.1 Å². The molecule has 1 heterocycles. The Kier molecular flexibility index (Phi) is 4.69. The molecule has 1 aliphatic heterocycles. The van der Waals surface area contributed by atoms with E-state index in [0.29, 0.717) is 23.0 Å². The van der Waals surface area contributed by atoms with E-state index in [2.05, 4.69) is 41.5 Å². The minimum atomic E-state index is -0.357. The maximum absolute atomic E-state index is 12.4. The van der Waals surface area contributed by atoms with E-state index >= 15 is 0 Å². The predicted molar refractivity (Wildman–Crippen MR) is 119 cm³/mol. The molecule has 1 spiro atoms. The quantitative estimate of drug-likeness (QED) is 0.497. The summed E-state index contributed by atoms with van der Waals surface area (Å²) in [4.78, 5) is 12.4. The highest BCUT2D eigenvalue weighted by Gasteiger charge is 2.68. The van der Waals surface area contributed by atoms with Gasteiger partial charge in [-0.25, -0.2) is 0 Å². The normalized spacial score (nSPS) is 60.2. The summed E-state index contributed by atoms with van der Waals surface area (Å²) in [6.45, 7) is 16.3. The smallest absolute Gasteiger partial charge is 0.169 e. The number of hydrogen-bond donors (Lipinski definition) is 0. The number of Topliss-reactive ketones (excluding diaryl/α,β-unsaturated/α-hetero) is 1. The third kappa shape index (κ3) is 2.60. The third-order valence-electron chi connectivity index (χ3n) is 11.9. The van der Waals surface area contributed by atoms with Gasteiger partial charge in [-0.1, -0.05) is 27.7 Å². The van der Waals surface area contributed by atoms with Crippen molar-refractivity contribution in [3.63, 3.8) is 0 Å². The minimum absolute atomic E-state index is 0.196. The molecule has 0 aromatic carbocycles. The van der Waals surface area contributed by atoms with Crippen molar-refractivity contribution in [1.82, 2.24) is 0 Å². The van der Waals surface area contributed by atoms with E-state index in [1.807, 2.05) is 6.92 Å². The summed E-state index contributed by atoms with van der Waals surface area (Å²) in [6.07, 6.45) is 9.97. The molecule has 30 heavy (non-hydrogen) atoms. The second-order valence-electron chi connectivity index (χ2n) is 12.9. The Labute approximate surface area is 184 Å². The Bertz CT molecular complexity index is 722. The molecule has 3 nitrogen and oxygen atoms in total. The molecule has 4 saturated carbocycles. The van der Waals surface area contributed by atoms with Gasteiger partial charge in [0.05, 0.1) is 12.2 Å². The molecule has 4 unspecified atom stereocenters. The van der Waals surface area contributed by atoms with Crippen LogP contribution in [0.3, 0.4) is 0 Å². The van der Waals surface area contributed by atoms with Gasteiger partial charge in [0.2, 0.25) is 0 Å². The van der Waals surface area contributed by atoms with Gasteiger partial charge in [0.15, 0.2) is 5.79 Å². The molecule has 10 atom stereocenters. The van der Waals surface area contributed by atoms with Crippen LogP contribution < -0.4 is 0 Å². The lowest BCUT2D eigenvalue weighted by Crippen LogP contribution is -2.63. The lowest BCUT2D eigenvalue weighted by atomic mass is 9.37. The fraction of sp³-hybridized carbons (Fsp3) is 0.963. The first-order chi connectivity index (χ1) is 14.0. The number of ketones is 1. The van der Waals surface area contributed by atoms with Crippen LogP contribution in [-0.4, -0.2) is 23.8 Å². The molecule has 3 heteroatoms. The van der Waals surface area contributed by atoms with Gasteiger partial charge in [-0.15, -0.1) is 0 Å². The van der Waals surface area contributed by atoms with Crippen LogP contribution in [0.2, 0.25) is 0 Å². The standard InChI is InChI=1S/C27H44O3/c1-16-14-20-22-9-8-21(17(2)28)24(22,5)11-10-23(20)25(6)12-13-27(15-26(16,25)7)29-18(3)19(4)30-27/h16,18-23H,8-15H2,1-7H3/t16?,18?,19?,20-,21+,22-,23-,24+,25+,26?,27?/m0/s1. The van der Waals surface area contributed by atoms with Crippen molar-refractivity contribution in [2.24, 2.45) is 45.8 Å². The molecule has 0 radical (unpaired) electrons. The van der Waals surface area contributed by atoms with Crippen LogP contribution >= 0.6 is 0 Å². The summed E-state index contributed by atoms with van der Waals surface area (Å²) in [7, 11) is 0. The molecular weight excluding hydrogens is 372 g/mol. The van der Waals surface area contributed by atoms with Gasteiger partial charge < -0.3 is 9.47 Å². The maximum Gasteiger partial charge on any atom is 0.169 e. The molecule has 5 aliphatic rings. The molecule has 1 saturated heterocycles. The minimum Gasteiger partial charge on any atom is -0.344 e. The van der Waals surface area contributed by atoms with Crippen molar-refractivity contribution in [1.29, 1.82) is 0 Å². The van der Waals surface area contributed by atoms with Crippen molar-refractivity contribution >= 4 is 5.78 Å². The van der Waals surface area contributed by atoms with Crippen LogP contribution in [0.25, 0.3) is 0 Å². The second-order valence-corrected chi connectivity index (χ2v) is 12.9. The number of carbonyl (C=O) groups is 1. The molecule has 170 valence electrons. The summed E-state index contributed by atoms with van der Waals surface area (Å²) < 4.78 is 13.0. The van der Waals surface area contributed by atoms with E-state index in [0.717, 1.165) is 37.0 Å². The summed E-state index contributed by atoms with van der Waals surface area (Å²) in [5.74, 6) is 3.37. The lowest BCUT2D eigenvalue weighted by Gasteiger charge is -2.68. The van der Waals surface area contributed by atoms with E-state index in [-0.39, 0.29) is 28.8 Å². The van der Waals surface area contributed by atoms with Crippen molar-refractivity contribution in [3.05, 3.63) is 0 Å². The van der Waals surface area contributed by atoms with E-state index in [9.17, 15) is 4.79 Å². The van der Waals surface area contributed by atoms with Gasteiger partial charge in [0.1, 0.15) is 5.78 Å². The highest BCUT2D eigenvalue weighted by Crippen LogP contribution is 2.73. The summed E-state index contributed by atoms with van der Waals surface area (Å²) >= 11 is 0. The molecular formula is C27H44O3. The van der Waals surface area contributed by atoms with E-state index in [4.69, 9.17) is 9.47 Å². The van der Waals surface area contributed by atoms with Gasteiger partial charge in [0, 0.05) is 18.8 Å². The van der Waals surface area contributed by atoms with Crippen LogP contribution in [0.4, 0.5) is 0 Å². The average Bonchev–Trinajstić information content (AvgIpc) is 3.15. The predicted octanol–water partition coefficient (Wildman–Crippen LogP) is 6.39. The average molecular weight is 417 g/mol. The Morgan fingerprint density at radius 3 is 2.13 bits per heavy atom. The monoisotopic (exact) mass is 416 g/mol. The Morgan fingerprint density at radius 1 is 0.833 bits per heavy atom. The van der Waals surface area contributed by atoms with Crippen molar-refractivity contribution in [3.8, 4) is 0 Å². The Balaban J connectivity index is 1.46. The lowest BCUT2D eigenvalue weighted by molar-refractivity contribution is -0.277. The van der Waals surface area contributed by atoms with Gasteiger partial charge in [-0.05, 0) is 99.2 Å². The zero-order valence-corrected chi connectivity index (χ0v) is 20.4. The largest absolute Gasteiger partial charge is 0.344 e. The fourth-order valence-corrected chi connectivity index (χ4v) is 9.77. The topological polar surface area (TPSA) is 35.5 Å². The number of rotatable bonds is 1. The molecule has 0 N–H and O–H groups in total. The van der Waals surface area contributed by atoms with Crippen LogP contribution in [0.5, 0.6) is 0 Å². The summed E-state index contributed by atoms with van der Waals surface area (Å²) in [5.41, 5.74) is 0.843. The molecule has 0 amide bonds. The van der Waals surface area contributed by atoms with Crippen LogP contribution in [0, 0.1) is 45.8 Å². The molecule has 0 aromatic rings. The highest BCUT2D eigenvalue weighted by atomic mass is 16.8. The van der Waals surface area contributed by atoms with Crippen molar-refractivity contribution in [2.75, 3.05) is 0 Å². The van der Waals surface area contributed by atoms with Gasteiger partial charge in [-0.2, -0.15) is 0 Å². The first kappa shape index (κ1) is 21.4. The van der Waals surface area contributed by atoms with Crippen LogP contribution in [0.15, 0.2) is 0 Å². The molecule has 0 aromatic heterocycles. The first-order valence-electron chi connectivity index (χ1n) is 12.8. The Morgan fingerprint density at radius 2 is 1.50 bits per heavy atom. The summed E-state index contributed by atoms with van der Waals surface area (Å²) in [5, 5.41) is 0. The number of ether oxygens (including phenoxy) is 2. The molecule has 5 rings (SSSR count). The molecule has 4 aliphatic carbocycles. The van der Waals surface area contributed by atoms with Crippen molar-refractivity contribution in [2.45, 2.75) is 118 Å². The fourth-order valence-electron chi connectivity index (χ4n) is 9.77. The third-order valence-corrected chi connectivity index (χ3v) is 11.9. The number of hydrogen-bond acceptors (Lipinski definition) is 3. The first-order valence-corrected chi connectivity index (χ1v) is 12.8. The van der Waals surface area contributed by atoms with Crippen LogP contribution in [0.1, 0.15) is 99.8 Å². The van der Waals surface area contributed by atoms with Crippen molar-refractivity contribution < 1.29 is 14.3 Å². The van der Waals surface area contributed by atoms with E-state index in [1.54, 1.807) is 0 Å². The van der Waals surface area contributed by atoms with E-state index < -0.39 is 0 Å². The molecule has 0 bridgehead atoms. The molecule has 5 fully saturated rings. The van der Waals surface area contributed by atoms with Gasteiger partial charge in [-0.3, -0.25) is 4.79 Å². The SMILES string of the molecule is CC(=O)[C@H]1CC[C@H]2[C@@H]3CC(C)C4(C)CC5(CC[C@]4(C)[C@H]3CC[C@]12C)OC(C)C(C)O5.